The number of hydrogen-bond acceptors (Lipinski definition) is 5. The van der Waals surface area contributed by atoms with Crippen molar-refractivity contribution in [1.82, 2.24) is 9.21 Å². The summed E-state index contributed by atoms with van der Waals surface area (Å²) in [6.45, 7) is 3.49. The number of aryl methyl sites for hydroxylation is 1. The van der Waals surface area contributed by atoms with Crippen molar-refractivity contribution in [2.24, 2.45) is 5.92 Å². The lowest BCUT2D eigenvalue weighted by atomic mass is 10.1. The Hall–Kier alpha value is -2.65. The van der Waals surface area contributed by atoms with Crippen LogP contribution in [0.1, 0.15) is 37.0 Å². The van der Waals surface area contributed by atoms with Gasteiger partial charge in [0.05, 0.1) is 23.6 Å². The molecule has 2 aliphatic rings. The second-order valence-electron chi connectivity index (χ2n) is 8.19. The molecular weight excluding hydrogens is 418 g/mol. The van der Waals surface area contributed by atoms with Crippen LogP contribution in [-0.4, -0.2) is 49.1 Å². The Morgan fingerprint density at radius 2 is 1.97 bits per heavy atom. The molecule has 2 aliphatic heterocycles. The minimum Gasteiger partial charge on any atom is -0.467 e. The van der Waals surface area contributed by atoms with Crippen LogP contribution in [0.25, 0.3) is 0 Å². The number of nitrogens with zero attached hydrogens (tertiary/aromatic N) is 2. The van der Waals surface area contributed by atoms with Gasteiger partial charge in [-0.25, -0.2) is 8.42 Å². The highest BCUT2D eigenvalue weighted by Crippen LogP contribution is 2.27. The molecule has 1 N–H and O–H groups in total. The van der Waals surface area contributed by atoms with Crippen LogP contribution in [0.5, 0.6) is 0 Å². The molecule has 0 unspecified atom stereocenters. The molecule has 2 aromatic rings. The van der Waals surface area contributed by atoms with Gasteiger partial charge in [-0.15, -0.1) is 0 Å². The monoisotopic (exact) mass is 445 g/mol. The molecule has 2 saturated heterocycles. The quantitative estimate of drug-likeness (QED) is 0.737. The van der Waals surface area contributed by atoms with Gasteiger partial charge in [0.15, 0.2) is 0 Å². The van der Waals surface area contributed by atoms with Crippen molar-refractivity contribution >= 4 is 27.5 Å². The molecule has 1 atom stereocenters. The summed E-state index contributed by atoms with van der Waals surface area (Å²) in [6, 6.07) is 8.36. The molecule has 2 amide bonds. The number of benzene rings is 1. The van der Waals surface area contributed by atoms with E-state index in [1.165, 1.54) is 10.4 Å². The summed E-state index contributed by atoms with van der Waals surface area (Å²) in [5.74, 6) is -0.217. The van der Waals surface area contributed by atoms with E-state index in [9.17, 15) is 18.0 Å². The van der Waals surface area contributed by atoms with Crippen molar-refractivity contribution in [3.05, 3.63) is 47.9 Å². The Balaban J connectivity index is 1.46. The van der Waals surface area contributed by atoms with Gasteiger partial charge in [-0.3, -0.25) is 9.59 Å². The van der Waals surface area contributed by atoms with Crippen LogP contribution in [0.3, 0.4) is 0 Å². The van der Waals surface area contributed by atoms with Gasteiger partial charge in [0.2, 0.25) is 21.8 Å². The van der Waals surface area contributed by atoms with Crippen LogP contribution in [0.2, 0.25) is 0 Å². The number of piperidine rings is 1. The number of carbonyl (C=O) groups is 2. The molecule has 2 fully saturated rings. The van der Waals surface area contributed by atoms with Gasteiger partial charge in [-0.2, -0.15) is 4.31 Å². The second-order valence-corrected chi connectivity index (χ2v) is 10.1. The van der Waals surface area contributed by atoms with E-state index in [1.54, 1.807) is 35.4 Å². The zero-order valence-corrected chi connectivity index (χ0v) is 18.4. The summed E-state index contributed by atoms with van der Waals surface area (Å²) in [6.07, 6.45) is 4.43. The van der Waals surface area contributed by atoms with Crippen LogP contribution in [0.15, 0.2) is 45.9 Å². The van der Waals surface area contributed by atoms with Crippen LogP contribution in [0, 0.1) is 12.8 Å². The number of anilines is 1. The first-order valence-corrected chi connectivity index (χ1v) is 12.0. The summed E-state index contributed by atoms with van der Waals surface area (Å²) in [4.78, 5) is 26.9. The van der Waals surface area contributed by atoms with Crippen molar-refractivity contribution in [2.45, 2.75) is 44.0 Å². The molecule has 0 saturated carbocycles. The van der Waals surface area contributed by atoms with E-state index in [2.05, 4.69) is 5.32 Å². The number of hydrogen-bond donors (Lipinski definition) is 1. The predicted molar refractivity (Wildman–Crippen MR) is 115 cm³/mol. The number of carbonyl (C=O) groups excluding carboxylic acids is 2. The summed E-state index contributed by atoms with van der Waals surface area (Å²) in [5, 5.41) is 2.84. The molecule has 8 nitrogen and oxygen atoms in total. The highest BCUT2D eigenvalue weighted by atomic mass is 32.2. The van der Waals surface area contributed by atoms with Gasteiger partial charge in [-0.1, -0.05) is 12.5 Å². The largest absolute Gasteiger partial charge is 0.467 e. The van der Waals surface area contributed by atoms with E-state index < -0.39 is 15.9 Å². The highest BCUT2D eigenvalue weighted by molar-refractivity contribution is 7.89. The topological polar surface area (TPSA) is 99.9 Å². The van der Waals surface area contributed by atoms with Crippen LogP contribution < -0.4 is 5.32 Å². The normalized spacial score (nSPS) is 20.2. The number of furan rings is 1. The van der Waals surface area contributed by atoms with Gasteiger partial charge in [0.1, 0.15) is 5.76 Å². The van der Waals surface area contributed by atoms with Gasteiger partial charge >= 0.3 is 0 Å². The van der Waals surface area contributed by atoms with Crippen molar-refractivity contribution in [1.29, 1.82) is 0 Å². The average molecular weight is 446 g/mol. The van der Waals surface area contributed by atoms with Crippen LogP contribution >= 0.6 is 0 Å². The van der Waals surface area contributed by atoms with Crippen molar-refractivity contribution in [3.63, 3.8) is 0 Å². The van der Waals surface area contributed by atoms with Gasteiger partial charge < -0.3 is 14.6 Å². The second kappa shape index (κ2) is 8.84. The highest BCUT2D eigenvalue weighted by Gasteiger charge is 2.35. The minimum atomic E-state index is -3.59. The fourth-order valence-electron chi connectivity index (χ4n) is 4.08. The molecule has 1 aromatic carbocycles. The van der Waals surface area contributed by atoms with Crippen molar-refractivity contribution < 1.29 is 22.4 Å². The molecule has 0 radical (unpaired) electrons. The Kier molecular flexibility index (Phi) is 6.15. The third-order valence-electron chi connectivity index (χ3n) is 5.93. The lowest BCUT2D eigenvalue weighted by Gasteiger charge is -2.26. The summed E-state index contributed by atoms with van der Waals surface area (Å²) >= 11 is 0. The molecule has 166 valence electrons. The number of rotatable bonds is 6. The molecule has 3 heterocycles. The fourth-order valence-corrected chi connectivity index (χ4v) is 5.62. The van der Waals surface area contributed by atoms with Crippen molar-refractivity contribution in [3.8, 4) is 0 Å². The molecule has 0 aliphatic carbocycles. The fraction of sp³-hybridized carbons (Fsp3) is 0.455. The maximum atomic E-state index is 13.0. The van der Waals surface area contributed by atoms with Crippen LogP contribution in [0.4, 0.5) is 5.69 Å². The smallest absolute Gasteiger partial charge is 0.243 e. The lowest BCUT2D eigenvalue weighted by Crippen LogP contribution is -2.35. The van der Waals surface area contributed by atoms with E-state index >= 15 is 0 Å². The molecule has 9 heteroatoms. The summed E-state index contributed by atoms with van der Waals surface area (Å²) in [7, 11) is -3.59. The van der Waals surface area contributed by atoms with Crippen molar-refractivity contribution in [2.75, 3.05) is 25.0 Å². The van der Waals surface area contributed by atoms with Gasteiger partial charge in [0, 0.05) is 31.7 Å². The Morgan fingerprint density at radius 3 is 2.68 bits per heavy atom. The molecule has 1 aromatic heterocycles. The van der Waals surface area contributed by atoms with E-state index in [4.69, 9.17) is 4.42 Å². The van der Waals surface area contributed by atoms with Gasteiger partial charge in [0.25, 0.3) is 0 Å². The van der Waals surface area contributed by atoms with E-state index in [1.807, 2.05) is 6.92 Å². The first kappa shape index (κ1) is 21.6. The molecule has 0 spiro atoms. The molecule has 0 bridgehead atoms. The Labute approximate surface area is 182 Å². The first-order valence-electron chi connectivity index (χ1n) is 10.6. The molecule has 31 heavy (non-hydrogen) atoms. The van der Waals surface area contributed by atoms with E-state index in [-0.39, 0.29) is 23.1 Å². The average Bonchev–Trinajstić information content (AvgIpc) is 3.40. The maximum absolute atomic E-state index is 13.0. The number of likely N-dealkylation sites (tertiary alicyclic amines) is 1. The Bertz CT molecular complexity index is 1060. The van der Waals surface area contributed by atoms with E-state index in [0.717, 1.165) is 24.8 Å². The maximum Gasteiger partial charge on any atom is 0.243 e. The molecular formula is C22H27N3O5S. The first-order chi connectivity index (χ1) is 14.8. The standard InChI is InChI=1S/C22H27N3O5S/c1-16-7-8-19(31(28,29)25-9-3-2-4-10-25)13-20(16)23-22(27)17-12-21(26)24(14-17)15-18-6-5-11-30-18/h5-8,11,13,17H,2-4,9-10,12,14-15H2,1H3,(H,23,27)/t17-/m1/s1. The minimum absolute atomic E-state index is 0.102. The van der Waals surface area contributed by atoms with Crippen LogP contribution in [-0.2, 0) is 26.2 Å². The summed E-state index contributed by atoms with van der Waals surface area (Å²) in [5.41, 5.74) is 1.22. The van der Waals surface area contributed by atoms with E-state index in [0.29, 0.717) is 37.6 Å². The van der Waals surface area contributed by atoms with Gasteiger partial charge in [-0.05, 0) is 49.6 Å². The summed E-state index contributed by atoms with van der Waals surface area (Å²) < 4.78 is 32.8. The Morgan fingerprint density at radius 1 is 1.19 bits per heavy atom. The predicted octanol–water partition coefficient (Wildman–Crippen LogP) is 2.75. The third kappa shape index (κ3) is 4.67. The number of amides is 2. The SMILES string of the molecule is Cc1ccc(S(=O)(=O)N2CCCCC2)cc1NC(=O)[C@@H]1CC(=O)N(Cc2ccco2)C1. The number of nitrogens with one attached hydrogen (secondary N) is 1. The number of sulfonamides is 1. The molecule has 4 rings (SSSR count). The third-order valence-corrected chi connectivity index (χ3v) is 7.83. The zero-order valence-electron chi connectivity index (χ0n) is 17.5. The zero-order chi connectivity index (χ0) is 22.0. The lowest BCUT2D eigenvalue weighted by molar-refractivity contribution is -0.128.